The molecule has 144 valence electrons. The number of hydrogen-bond acceptors (Lipinski definition) is 6. The van der Waals surface area contributed by atoms with Crippen LogP contribution < -0.4 is 5.56 Å². The second-order valence-electron chi connectivity index (χ2n) is 6.74. The Kier molecular flexibility index (Phi) is 5.49. The molecular weight excluding hydrogens is 362 g/mol. The highest BCUT2D eigenvalue weighted by Crippen LogP contribution is 2.20. The Morgan fingerprint density at radius 3 is 2.46 bits per heavy atom. The van der Waals surface area contributed by atoms with Gasteiger partial charge in [0.2, 0.25) is 0 Å². The number of nitro groups is 1. The minimum atomic E-state index is -0.744. The Morgan fingerprint density at radius 1 is 1.14 bits per heavy atom. The number of carbonyl (C=O) groups is 1. The van der Waals surface area contributed by atoms with Crippen molar-refractivity contribution in [2.24, 2.45) is 5.92 Å². The standard InChI is InChI=1S/C20H19N3O5/c1-13(2)11-22-19(24)16-9-5-4-8-15(16)18(21-22)20(25)28-12-14-7-3-6-10-17(14)23(26)27/h3-10,13H,11-12H2,1-2H3. The van der Waals surface area contributed by atoms with Crippen LogP contribution in [0.1, 0.15) is 29.9 Å². The molecule has 3 rings (SSSR count). The summed E-state index contributed by atoms with van der Waals surface area (Å²) in [5.41, 5.74) is -0.118. The van der Waals surface area contributed by atoms with Gasteiger partial charge in [-0.1, -0.05) is 44.2 Å². The first-order chi connectivity index (χ1) is 13.4. The molecule has 3 aromatic rings. The van der Waals surface area contributed by atoms with Crippen LogP contribution in [0.2, 0.25) is 0 Å². The molecule has 0 fully saturated rings. The lowest BCUT2D eigenvalue weighted by Crippen LogP contribution is -2.28. The van der Waals surface area contributed by atoms with E-state index in [1.165, 1.54) is 16.8 Å². The van der Waals surface area contributed by atoms with Crippen molar-refractivity contribution in [3.05, 3.63) is 80.3 Å². The SMILES string of the molecule is CC(C)Cn1nc(C(=O)OCc2ccccc2[N+](=O)[O-])c2ccccc2c1=O. The van der Waals surface area contributed by atoms with E-state index in [9.17, 15) is 19.7 Å². The third-order valence-electron chi connectivity index (χ3n) is 4.15. The lowest BCUT2D eigenvalue weighted by molar-refractivity contribution is -0.385. The molecule has 0 aliphatic carbocycles. The summed E-state index contributed by atoms with van der Waals surface area (Å²) in [5, 5.41) is 16.1. The van der Waals surface area contributed by atoms with Gasteiger partial charge in [-0.05, 0) is 18.1 Å². The monoisotopic (exact) mass is 381 g/mol. The number of para-hydroxylation sites is 1. The van der Waals surface area contributed by atoms with Gasteiger partial charge in [-0.25, -0.2) is 9.48 Å². The van der Waals surface area contributed by atoms with Gasteiger partial charge >= 0.3 is 5.97 Å². The second-order valence-corrected chi connectivity index (χ2v) is 6.74. The molecule has 0 spiro atoms. The molecule has 0 amide bonds. The molecule has 28 heavy (non-hydrogen) atoms. The Bertz CT molecular complexity index is 1100. The number of aromatic nitrogens is 2. The zero-order valence-corrected chi connectivity index (χ0v) is 15.5. The van der Waals surface area contributed by atoms with E-state index in [1.807, 2.05) is 13.8 Å². The van der Waals surface area contributed by atoms with E-state index < -0.39 is 10.9 Å². The highest BCUT2D eigenvalue weighted by molar-refractivity contribution is 6.02. The number of ether oxygens (including phenoxy) is 1. The van der Waals surface area contributed by atoms with E-state index in [4.69, 9.17) is 4.74 Å². The molecule has 2 aromatic carbocycles. The van der Waals surface area contributed by atoms with Gasteiger partial charge in [-0.15, -0.1) is 0 Å². The summed E-state index contributed by atoms with van der Waals surface area (Å²) in [5.74, 6) is -0.589. The lowest BCUT2D eigenvalue weighted by Gasteiger charge is -2.12. The second kappa shape index (κ2) is 7.99. The number of fused-ring (bicyclic) bond motifs is 1. The zero-order valence-electron chi connectivity index (χ0n) is 15.5. The summed E-state index contributed by atoms with van der Waals surface area (Å²) in [7, 11) is 0. The number of benzene rings is 2. The maximum Gasteiger partial charge on any atom is 0.359 e. The number of carbonyl (C=O) groups excluding carboxylic acids is 1. The molecule has 0 aliphatic heterocycles. The predicted molar refractivity (Wildman–Crippen MR) is 103 cm³/mol. The first kappa shape index (κ1) is 19.2. The van der Waals surface area contributed by atoms with Crippen LogP contribution in [0.3, 0.4) is 0 Å². The van der Waals surface area contributed by atoms with Crippen molar-refractivity contribution in [3.63, 3.8) is 0 Å². The molecule has 0 bridgehead atoms. The molecule has 8 heteroatoms. The van der Waals surface area contributed by atoms with Crippen molar-refractivity contribution >= 4 is 22.4 Å². The van der Waals surface area contributed by atoms with Crippen molar-refractivity contribution < 1.29 is 14.5 Å². The minimum absolute atomic E-state index is 0.00874. The fraction of sp³-hybridized carbons (Fsp3) is 0.250. The third kappa shape index (κ3) is 3.90. The van der Waals surface area contributed by atoms with Crippen molar-refractivity contribution in [2.45, 2.75) is 27.0 Å². The van der Waals surface area contributed by atoms with Gasteiger partial charge in [0, 0.05) is 18.0 Å². The van der Waals surface area contributed by atoms with E-state index in [0.29, 0.717) is 17.3 Å². The summed E-state index contributed by atoms with van der Waals surface area (Å²) in [6.07, 6.45) is 0. The average Bonchev–Trinajstić information content (AvgIpc) is 2.68. The van der Waals surface area contributed by atoms with Gasteiger partial charge in [-0.3, -0.25) is 14.9 Å². The highest BCUT2D eigenvalue weighted by Gasteiger charge is 2.20. The maximum absolute atomic E-state index is 12.7. The number of hydrogen-bond donors (Lipinski definition) is 0. The third-order valence-corrected chi connectivity index (χ3v) is 4.15. The summed E-state index contributed by atoms with van der Waals surface area (Å²) in [4.78, 5) is 35.9. The van der Waals surface area contributed by atoms with E-state index in [0.717, 1.165) is 0 Å². The number of nitro benzene ring substituents is 1. The Labute approximate surface area is 160 Å². The quantitative estimate of drug-likeness (QED) is 0.368. The fourth-order valence-corrected chi connectivity index (χ4v) is 2.88. The van der Waals surface area contributed by atoms with E-state index in [1.54, 1.807) is 36.4 Å². The minimum Gasteiger partial charge on any atom is -0.456 e. The van der Waals surface area contributed by atoms with Crippen LogP contribution in [0.4, 0.5) is 5.69 Å². The first-order valence-electron chi connectivity index (χ1n) is 8.77. The Morgan fingerprint density at radius 2 is 1.79 bits per heavy atom. The van der Waals surface area contributed by atoms with Crippen LogP contribution in [0.5, 0.6) is 0 Å². The summed E-state index contributed by atoms with van der Waals surface area (Å²) < 4.78 is 6.55. The van der Waals surface area contributed by atoms with E-state index in [2.05, 4.69) is 5.10 Å². The molecule has 8 nitrogen and oxygen atoms in total. The molecule has 0 unspecified atom stereocenters. The molecule has 0 N–H and O–H groups in total. The largest absolute Gasteiger partial charge is 0.456 e. The van der Waals surface area contributed by atoms with Crippen molar-refractivity contribution in [1.29, 1.82) is 0 Å². The topological polar surface area (TPSA) is 104 Å². The molecule has 0 saturated heterocycles. The fourth-order valence-electron chi connectivity index (χ4n) is 2.88. The summed E-state index contributed by atoms with van der Waals surface area (Å²) >= 11 is 0. The van der Waals surface area contributed by atoms with Gasteiger partial charge in [0.25, 0.3) is 11.2 Å². The summed E-state index contributed by atoms with van der Waals surface area (Å²) in [6, 6.07) is 12.7. The first-order valence-corrected chi connectivity index (χ1v) is 8.77. The van der Waals surface area contributed by atoms with Gasteiger partial charge in [0.05, 0.1) is 15.9 Å². The molecule has 0 saturated carbocycles. The Hall–Kier alpha value is -3.55. The highest BCUT2D eigenvalue weighted by atomic mass is 16.6. The molecule has 0 atom stereocenters. The zero-order chi connectivity index (χ0) is 20.3. The van der Waals surface area contributed by atoms with Gasteiger partial charge < -0.3 is 4.74 Å². The molecule has 1 heterocycles. The number of nitrogens with zero attached hydrogens (tertiary/aromatic N) is 3. The molecule has 1 aromatic heterocycles. The Balaban J connectivity index is 1.97. The summed E-state index contributed by atoms with van der Waals surface area (Å²) in [6.45, 7) is 3.97. The van der Waals surface area contributed by atoms with Crippen molar-refractivity contribution in [2.75, 3.05) is 0 Å². The molecule has 0 radical (unpaired) electrons. The van der Waals surface area contributed by atoms with Crippen LogP contribution in [0.25, 0.3) is 10.8 Å². The van der Waals surface area contributed by atoms with Crippen LogP contribution in [0, 0.1) is 16.0 Å². The van der Waals surface area contributed by atoms with Gasteiger partial charge in [-0.2, -0.15) is 5.10 Å². The maximum atomic E-state index is 12.7. The van der Waals surface area contributed by atoms with Crippen molar-refractivity contribution in [1.82, 2.24) is 9.78 Å². The van der Waals surface area contributed by atoms with Crippen LogP contribution in [-0.2, 0) is 17.9 Å². The average molecular weight is 381 g/mol. The molecular formula is C20H19N3O5. The van der Waals surface area contributed by atoms with E-state index in [-0.39, 0.29) is 35.0 Å². The normalized spacial score (nSPS) is 11.0. The number of esters is 1. The number of rotatable bonds is 6. The smallest absolute Gasteiger partial charge is 0.359 e. The van der Waals surface area contributed by atoms with Crippen LogP contribution >= 0.6 is 0 Å². The van der Waals surface area contributed by atoms with Crippen molar-refractivity contribution in [3.8, 4) is 0 Å². The lowest BCUT2D eigenvalue weighted by atomic mass is 10.1. The predicted octanol–water partition coefficient (Wildman–Crippen LogP) is 3.32. The van der Waals surface area contributed by atoms with E-state index >= 15 is 0 Å². The van der Waals surface area contributed by atoms with Gasteiger partial charge in [0.1, 0.15) is 6.61 Å². The van der Waals surface area contributed by atoms with Crippen LogP contribution in [-0.4, -0.2) is 20.7 Å². The van der Waals surface area contributed by atoms with Gasteiger partial charge in [0.15, 0.2) is 5.69 Å². The molecule has 0 aliphatic rings. The van der Waals surface area contributed by atoms with Crippen LogP contribution in [0.15, 0.2) is 53.3 Å².